The predicted octanol–water partition coefficient (Wildman–Crippen LogP) is 2.97. The zero-order valence-electron chi connectivity index (χ0n) is 17.2. The summed E-state index contributed by atoms with van der Waals surface area (Å²) in [4.78, 5) is 23.6. The zero-order chi connectivity index (χ0) is 22.3. The highest BCUT2D eigenvalue weighted by Gasteiger charge is 2.29. The maximum absolute atomic E-state index is 13.2. The molecule has 2 heterocycles. The number of nitrogens with two attached hydrogens (primary N) is 1. The number of imidazole rings is 1. The summed E-state index contributed by atoms with van der Waals surface area (Å²) in [5.41, 5.74) is 6.86. The van der Waals surface area contributed by atoms with Gasteiger partial charge in [-0.2, -0.15) is 0 Å². The zero-order valence-corrected chi connectivity index (χ0v) is 18.1. The van der Waals surface area contributed by atoms with Gasteiger partial charge in [0.15, 0.2) is 17.8 Å². The molecule has 3 aromatic rings. The number of benzene rings is 1. The molecule has 2 unspecified atom stereocenters. The summed E-state index contributed by atoms with van der Waals surface area (Å²) in [5.74, 6) is 0.151. The third kappa shape index (κ3) is 6.24. The number of ether oxygens (including phenoxy) is 2. The van der Waals surface area contributed by atoms with E-state index in [0.29, 0.717) is 23.5 Å². The first-order chi connectivity index (χ1) is 14.9. The van der Waals surface area contributed by atoms with Gasteiger partial charge in [0.05, 0.1) is 19.0 Å². The summed E-state index contributed by atoms with van der Waals surface area (Å²) < 4.78 is 36.4. The number of para-hydroxylation sites is 1. The average Bonchev–Trinajstić information content (AvgIpc) is 3.17. The molecule has 166 valence electrons. The monoisotopic (exact) mass is 449 g/mol. The molecule has 0 radical (unpaired) electrons. The molecule has 0 aliphatic carbocycles. The summed E-state index contributed by atoms with van der Waals surface area (Å²) in [6.07, 6.45) is 2.36. The first kappa shape index (κ1) is 22.7. The molecule has 2 atom stereocenters. The van der Waals surface area contributed by atoms with Crippen molar-refractivity contribution in [1.29, 1.82) is 0 Å². The molecule has 0 aliphatic heterocycles. The first-order valence-electron chi connectivity index (χ1n) is 9.57. The van der Waals surface area contributed by atoms with Crippen molar-refractivity contribution in [2.45, 2.75) is 32.9 Å². The molecule has 0 aliphatic rings. The maximum atomic E-state index is 13.2. The van der Waals surface area contributed by atoms with E-state index in [1.165, 1.54) is 6.33 Å². The molecule has 0 amide bonds. The standard InChI is InChI=1S/C19H24N5O6P/c1-3-16(25)27-12-29-31(26,30-15-7-5-4-6-8-15)13-28-14(2)9-24-11-23-17-18(20)21-10-22-19(17)24/h4-8,10-11,14H,3,9,12-13H2,1-2H3,(H2,20,21,22). The van der Waals surface area contributed by atoms with Gasteiger partial charge in [0.25, 0.3) is 0 Å². The molecule has 0 bridgehead atoms. The number of hydrogen-bond donors (Lipinski definition) is 1. The van der Waals surface area contributed by atoms with Crippen LogP contribution < -0.4 is 10.3 Å². The van der Waals surface area contributed by atoms with Gasteiger partial charge in [0.2, 0.25) is 6.79 Å². The summed E-state index contributed by atoms with van der Waals surface area (Å²) >= 11 is 0. The van der Waals surface area contributed by atoms with Crippen molar-refractivity contribution >= 4 is 30.5 Å². The summed E-state index contributed by atoms with van der Waals surface area (Å²) in [6.45, 7) is 3.30. The minimum Gasteiger partial charge on any atom is -0.438 e. The predicted molar refractivity (Wildman–Crippen MR) is 112 cm³/mol. The van der Waals surface area contributed by atoms with E-state index in [0.717, 1.165) is 0 Å². The van der Waals surface area contributed by atoms with Gasteiger partial charge < -0.3 is 24.3 Å². The van der Waals surface area contributed by atoms with Gasteiger partial charge >= 0.3 is 13.6 Å². The van der Waals surface area contributed by atoms with Crippen molar-refractivity contribution in [3.05, 3.63) is 43.0 Å². The van der Waals surface area contributed by atoms with Crippen LogP contribution >= 0.6 is 7.60 Å². The second-order valence-corrected chi connectivity index (χ2v) is 8.49. The van der Waals surface area contributed by atoms with Crippen LogP contribution in [0.5, 0.6) is 5.75 Å². The SMILES string of the molecule is CCC(=O)OCOP(=O)(COC(C)Cn1cnc2c(N)ncnc21)Oc1ccccc1. The number of anilines is 1. The normalized spacial score (nSPS) is 14.1. The molecule has 0 spiro atoms. The Bertz CT molecular complexity index is 1060. The summed E-state index contributed by atoms with van der Waals surface area (Å²) in [7, 11) is -3.78. The Labute approximate surface area is 179 Å². The van der Waals surface area contributed by atoms with Crippen molar-refractivity contribution in [3.63, 3.8) is 0 Å². The van der Waals surface area contributed by atoms with E-state index in [-0.39, 0.29) is 18.6 Å². The van der Waals surface area contributed by atoms with Crippen LogP contribution in [0.1, 0.15) is 20.3 Å². The number of fused-ring (bicyclic) bond motifs is 1. The number of aromatic nitrogens is 4. The van der Waals surface area contributed by atoms with Crippen LogP contribution in [0.2, 0.25) is 0 Å². The lowest BCUT2D eigenvalue weighted by molar-refractivity contribution is -0.150. The fourth-order valence-corrected chi connectivity index (χ4v) is 3.86. The van der Waals surface area contributed by atoms with Crippen molar-refractivity contribution in [2.24, 2.45) is 0 Å². The Morgan fingerprint density at radius 2 is 2.00 bits per heavy atom. The lowest BCUT2D eigenvalue weighted by Crippen LogP contribution is -2.19. The molecule has 2 aromatic heterocycles. The Hall–Kier alpha value is -3.01. The third-order valence-corrected chi connectivity index (χ3v) is 5.60. The van der Waals surface area contributed by atoms with Gasteiger partial charge in [-0.1, -0.05) is 25.1 Å². The van der Waals surface area contributed by atoms with E-state index in [4.69, 9.17) is 24.3 Å². The molecule has 2 N–H and O–H groups in total. The van der Waals surface area contributed by atoms with E-state index in [9.17, 15) is 9.36 Å². The number of nitrogens with zero attached hydrogens (tertiary/aromatic N) is 4. The number of nitrogen functional groups attached to an aromatic ring is 1. The van der Waals surface area contributed by atoms with Gasteiger partial charge in [-0.25, -0.2) is 19.5 Å². The molecular weight excluding hydrogens is 425 g/mol. The summed E-state index contributed by atoms with van der Waals surface area (Å²) in [5, 5.41) is 0. The average molecular weight is 449 g/mol. The van der Waals surface area contributed by atoms with E-state index in [1.54, 1.807) is 55.1 Å². The lowest BCUT2D eigenvalue weighted by Gasteiger charge is -2.21. The van der Waals surface area contributed by atoms with E-state index < -0.39 is 26.5 Å². The molecule has 0 saturated carbocycles. The second-order valence-electron chi connectivity index (χ2n) is 6.57. The van der Waals surface area contributed by atoms with Crippen LogP contribution in [-0.4, -0.2) is 44.7 Å². The Balaban J connectivity index is 1.64. The molecule has 12 heteroatoms. The van der Waals surface area contributed by atoms with E-state index >= 15 is 0 Å². The van der Waals surface area contributed by atoms with Gasteiger partial charge in [-0.05, 0) is 19.1 Å². The number of carbonyl (C=O) groups excluding carboxylic acids is 1. The maximum Gasteiger partial charge on any atom is 0.407 e. The van der Waals surface area contributed by atoms with Crippen LogP contribution in [0.15, 0.2) is 43.0 Å². The fraction of sp³-hybridized carbons (Fsp3) is 0.368. The fourth-order valence-electron chi connectivity index (χ4n) is 2.59. The molecule has 31 heavy (non-hydrogen) atoms. The minimum atomic E-state index is -3.78. The quantitative estimate of drug-likeness (QED) is 0.264. The molecule has 0 fully saturated rings. The van der Waals surface area contributed by atoms with Crippen molar-refractivity contribution in [3.8, 4) is 5.75 Å². The highest BCUT2D eigenvalue weighted by molar-refractivity contribution is 7.54. The van der Waals surface area contributed by atoms with Crippen molar-refractivity contribution < 1.29 is 27.9 Å². The second kappa shape index (κ2) is 10.3. The molecule has 11 nitrogen and oxygen atoms in total. The number of rotatable bonds is 11. The van der Waals surface area contributed by atoms with Gasteiger partial charge in [0.1, 0.15) is 17.6 Å². The van der Waals surface area contributed by atoms with Crippen molar-refractivity contribution in [1.82, 2.24) is 19.5 Å². The molecular formula is C19H24N5O6P. The van der Waals surface area contributed by atoms with E-state index in [1.807, 2.05) is 0 Å². The highest BCUT2D eigenvalue weighted by Crippen LogP contribution is 2.48. The Morgan fingerprint density at radius 3 is 2.74 bits per heavy atom. The van der Waals surface area contributed by atoms with Gasteiger partial charge in [-0.15, -0.1) is 0 Å². The van der Waals surface area contributed by atoms with E-state index in [2.05, 4.69) is 15.0 Å². The molecule has 0 saturated heterocycles. The number of esters is 1. The first-order valence-corrected chi connectivity index (χ1v) is 11.3. The Morgan fingerprint density at radius 1 is 1.23 bits per heavy atom. The molecule has 3 rings (SSSR count). The molecule has 1 aromatic carbocycles. The smallest absolute Gasteiger partial charge is 0.407 e. The minimum absolute atomic E-state index is 0.174. The Kier molecular flexibility index (Phi) is 7.56. The van der Waals surface area contributed by atoms with Crippen LogP contribution in [0.25, 0.3) is 11.2 Å². The van der Waals surface area contributed by atoms with Gasteiger partial charge in [-0.3, -0.25) is 9.32 Å². The lowest BCUT2D eigenvalue weighted by atomic mass is 10.3. The van der Waals surface area contributed by atoms with Crippen LogP contribution in [0, 0.1) is 0 Å². The highest BCUT2D eigenvalue weighted by atomic mass is 31.2. The largest absolute Gasteiger partial charge is 0.438 e. The third-order valence-electron chi connectivity index (χ3n) is 4.15. The van der Waals surface area contributed by atoms with Crippen LogP contribution in [0.3, 0.4) is 0 Å². The van der Waals surface area contributed by atoms with Crippen LogP contribution in [0.4, 0.5) is 5.82 Å². The van der Waals surface area contributed by atoms with Gasteiger partial charge in [0, 0.05) is 6.42 Å². The number of carbonyl (C=O) groups is 1. The summed E-state index contributed by atoms with van der Waals surface area (Å²) in [6, 6.07) is 8.54. The van der Waals surface area contributed by atoms with Crippen LogP contribution in [-0.2, 0) is 29.9 Å². The topological polar surface area (TPSA) is 141 Å². The number of hydrogen-bond acceptors (Lipinski definition) is 10. The van der Waals surface area contributed by atoms with Crippen molar-refractivity contribution in [2.75, 3.05) is 18.9 Å².